The van der Waals surface area contributed by atoms with Gasteiger partial charge in [-0.3, -0.25) is 14.9 Å². The summed E-state index contributed by atoms with van der Waals surface area (Å²) in [6, 6.07) is 16.6. The number of piperidine rings is 1. The SMILES string of the molecule is CC(C)(C)N1CCC(N2C=C([C@@H](Nc3cc(Cl)c4ncc(C#N)c(Nc5ccc(F)c(Cl)c5)c4c3)c3ccc4ncsc4c3)NN2)CC1. The summed E-state index contributed by atoms with van der Waals surface area (Å²) in [5.74, 6) is -0.530. The van der Waals surface area contributed by atoms with E-state index >= 15 is 0 Å². The Hall–Kier alpha value is -4.18. The lowest BCUT2D eigenvalue weighted by atomic mass is 9.98. The zero-order valence-corrected chi connectivity index (χ0v) is 28.9. The maximum atomic E-state index is 13.9. The van der Waals surface area contributed by atoms with Crippen LogP contribution in [0.5, 0.6) is 0 Å². The van der Waals surface area contributed by atoms with Crippen LogP contribution in [0.2, 0.25) is 10.0 Å². The van der Waals surface area contributed by atoms with E-state index in [4.69, 9.17) is 23.2 Å². The number of hydrogen-bond donors (Lipinski definition) is 4. The van der Waals surface area contributed by atoms with E-state index in [1.54, 1.807) is 17.4 Å². The van der Waals surface area contributed by atoms with Crippen LogP contribution in [0.3, 0.4) is 0 Å². The van der Waals surface area contributed by atoms with Crippen LogP contribution in [-0.4, -0.2) is 44.5 Å². The standard InChI is InChI=1S/C35H34Cl2FN9S/c1-35(2,3)46-10-8-24(9-11-46)47-18-30(44-45-47)33(20-4-7-29-31(12-20)48-19-41-29)43-23-13-25-32(42-22-5-6-28(38)26(36)14-22)21(16-39)17-40-34(25)27(37)15-23/h4-7,12-15,17-19,24,33,43-45H,8-11H2,1-3H3,(H,40,42)/t33-/m0/s1. The average Bonchev–Trinajstić information content (AvgIpc) is 3.75. The fraction of sp³-hybridized carbons (Fsp3) is 0.286. The Kier molecular flexibility index (Phi) is 8.79. The third-order valence-electron chi connectivity index (χ3n) is 8.96. The second kappa shape index (κ2) is 13.0. The van der Waals surface area contributed by atoms with Gasteiger partial charge in [0.25, 0.3) is 0 Å². The van der Waals surface area contributed by atoms with Crippen molar-refractivity contribution in [3.8, 4) is 6.07 Å². The van der Waals surface area contributed by atoms with Gasteiger partial charge in [0.1, 0.15) is 11.9 Å². The normalized spacial score (nSPS) is 16.5. The molecule has 0 aliphatic carbocycles. The molecule has 1 saturated heterocycles. The average molecular weight is 703 g/mol. The highest BCUT2D eigenvalue weighted by Crippen LogP contribution is 2.38. The molecule has 2 aliphatic rings. The van der Waals surface area contributed by atoms with Gasteiger partial charge >= 0.3 is 0 Å². The molecule has 246 valence electrons. The number of pyridine rings is 1. The van der Waals surface area contributed by atoms with Crippen molar-refractivity contribution in [2.45, 2.75) is 51.2 Å². The Morgan fingerprint density at radius 2 is 1.83 bits per heavy atom. The number of thiazole rings is 1. The minimum Gasteiger partial charge on any atom is -0.373 e. The quantitative estimate of drug-likeness (QED) is 0.133. The Morgan fingerprint density at radius 1 is 1.04 bits per heavy atom. The zero-order valence-electron chi connectivity index (χ0n) is 26.6. The van der Waals surface area contributed by atoms with Crippen molar-refractivity contribution in [2.75, 3.05) is 23.7 Å². The van der Waals surface area contributed by atoms with Gasteiger partial charge < -0.3 is 16.1 Å². The summed E-state index contributed by atoms with van der Waals surface area (Å²) in [6.07, 6.45) is 5.71. The molecule has 0 unspecified atom stereocenters. The number of nitrogens with one attached hydrogen (secondary N) is 4. The second-order valence-corrected chi connectivity index (χ2v) is 14.7. The van der Waals surface area contributed by atoms with E-state index in [0.29, 0.717) is 38.9 Å². The van der Waals surface area contributed by atoms with Gasteiger partial charge in [0, 0.05) is 53.8 Å². The monoisotopic (exact) mass is 701 g/mol. The summed E-state index contributed by atoms with van der Waals surface area (Å²) < 4.78 is 15.0. The number of aromatic nitrogens is 2. The highest BCUT2D eigenvalue weighted by Gasteiger charge is 2.32. The summed E-state index contributed by atoms with van der Waals surface area (Å²) >= 11 is 14.5. The van der Waals surface area contributed by atoms with Crippen LogP contribution < -0.4 is 21.6 Å². The van der Waals surface area contributed by atoms with Crippen LogP contribution in [0.4, 0.5) is 21.5 Å². The van der Waals surface area contributed by atoms with Crippen molar-refractivity contribution >= 4 is 72.7 Å². The van der Waals surface area contributed by atoms with E-state index in [1.807, 2.05) is 23.7 Å². The Labute approximate surface area is 292 Å². The molecule has 0 saturated carbocycles. The maximum absolute atomic E-state index is 13.9. The number of likely N-dealkylation sites (tertiary alicyclic amines) is 1. The first kappa shape index (κ1) is 32.4. The summed E-state index contributed by atoms with van der Waals surface area (Å²) in [4.78, 5) is 11.5. The van der Waals surface area contributed by atoms with Crippen LogP contribution in [0, 0.1) is 17.1 Å². The topological polar surface area (TPSA) is 104 Å². The van der Waals surface area contributed by atoms with Crippen LogP contribution in [0.25, 0.3) is 21.1 Å². The fourth-order valence-electron chi connectivity index (χ4n) is 6.34. The molecule has 1 atom stereocenters. The zero-order chi connectivity index (χ0) is 33.6. The van der Waals surface area contributed by atoms with Crippen LogP contribution in [0.1, 0.15) is 50.8 Å². The molecule has 2 aliphatic heterocycles. The Bertz CT molecular complexity index is 2080. The van der Waals surface area contributed by atoms with Gasteiger partial charge in [-0.2, -0.15) is 5.26 Å². The summed E-state index contributed by atoms with van der Waals surface area (Å²) in [6.45, 7) is 8.88. The summed E-state index contributed by atoms with van der Waals surface area (Å²) in [5, 5.41) is 20.1. The third-order valence-corrected chi connectivity index (χ3v) is 10.3. The first-order chi connectivity index (χ1) is 23.1. The van der Waals surface area contributed by atoms with Crippen molar-refractivity contribution in [2.24, 2.45) is 0 Å². The molecular weight excluding hydrogens is 668 g/mol. The van der Waals surface area contributed by atoms with E-state index in [0.717, 1.165) is 53.1 Å². The predicted molar refractivity (Wildman–Crippen MR) is 193 cm³/mol. The molecule has 13 heteroatoms. The molecule has 3 aromatic carbocycles. The maximum Gasteiger partial charge on any atom is 0.141 e. The van der Waals surface area contributed by atoms with Crippen molar-refractivity contribution in [1.29, 1.82) is 5.26 Å². The van der Waals surface area contributed by atoms with Gasteiger partial charge in [0.05, 0.1) is 54.3 Å². The number of halogens is 3. The molecule has 0 amide bonds. The first-order valence-corrected chi connectivity index (χ1v) is 17.3. The molecule has 2 aromatic heterocycles. The van der Waals surface area contributed by atoms with E-state index in [1.165, 1.54) is 18.3 Å². The van der Waals surface area contributed by atoms with Gasteiger partial charge in [0.2, 0.25) is 0 Å². The van der Waals surface area contributed by atoms with Gasteiger partial charge in [-0.05, 0) is 81.6 Å². The fourth-order valence-corrected chi connectivity index (χ4v) is 7.51. The number of nitriles is 1. The Morgan fingerprint density at radius 3 is 2.58 bits per heavy atom. The lowest BCUT2D eigenvalue weighted by molar-refractivity contribution is 0.0570. The van der Waals surface area contributed by atoms with Gasteiger partial charge in [-0.1, -0.05) is 29.3 Å². The number of fused-ring (bicyclic) bond motifs is 2. The van der Waals surface area contributed by atoms with Crippen molar-refractivity contribution < 1.29 is 4.39 Å². The summed E-state index contributed by atoms with van der Waals surface area (Å²) in [7, 11) is 0. The van der Waals surface area contributed by atoms with Gasteiger partial charge in [-0.25, -0.2) is 9.37 Å². The number of benzene rings is 3. The first-order valence-electron chi connectivity index (χ1n) is 15.7. The molecule has 0 bridgehead atoms. The van der Waals surface area contributed by atoms with E-state index in [2.05, 4.69) is 86.6 Å². The smallest absolute Gasteiger partial charge is 0.141 e. The highest BCUT2D eigenvalue weighted by atomic mass is 35.5. The van der Waals surface area contributed by atoms with Gasteiger partial charge in [0.15, 0.2) is 0 Å². The minimum atomic E-state index is -0.530. The molecule has 0 spiro atoms. The molecular formula is C35H34Cl2FN9S. The molecule has 9 nitrogen and oxygen atoms in total. The molecule has 7 rings (SSSR count). The molecule has 1 fully saturated rings. The number of anilines is 3. The molecule has 4 N–H and O–H groups in total. The minimum absolute atomic E-state index is 0.0299. The van der Waals surface area contributed by atoms with Crippen LogP contribution in [0.15, 0.2) is 72.1 Å². The van der Waals surface area contributed by atoms with Crippen molar-refractivity contribution in [3.63, 3.8) is 0 Å². The van der Waals surface area contributed by atoms with Crippen molar-refractivity contribution in [3.05, 3.63) is 99.1 Å². The summed E-state index contributed by atoms with van der Waals surface area (Å²) in [5.41, 5.74) is 14.3. The Balaban J connectivity index is 1.25. The lowest BCUT2D eigenvalue weighted by Crippen LogP contribution is -2.52. The largest absolute Gasteiger partial charge is 0.373 e. The van der Waals surface area contributed by atoms with E-state index in [9.17, 15) is 9.65 Å². The van der Waals surface area contributed by atoms with E-state index < -0.39 is 5.82 Å². The number of nitrogens with zero attached hydrogens (tertiary/aromatic N) is 5. The van der Waals surface area contributed by atoms with Gasteiger partial charge in [-0.15, -0.1) is 16.9 Å². The molecule has 5 aromatic rings. The third kappa shape index (κ3) is 6.46. The number of rotatable bonds is 7. The highest BCUT2D eigenvalue weighted by molar-refractivity contribution is 7.16. The molecule has 0 radical (unpaired) electrons. The lowest BCUT2D eigenvalue weighted by Gasteiger charge is -2.42. The predicted octanol–water partition coefficient (Wildman–Crippen LogP) is 8.49. The van der Waals surface area contributed by atoms with Crippen LogP contribution >= 0.6 is 34.5 Å². The molecule has 48 heavy (non-hydrogen) atoms. The second-order valence-electron chi connectivity index (χ2n) is 13.0. The number of hydrogen-bond acceptors (Lipinski definition) is 10. The van der Waals surface area contributed by atoms with E-state index in [-0.39, 0.29) is 16.6 Å². The van der Waals surface area contributed by atoms with Crippen LogP contribution in [-0.2, 0) is 0 Å². The molecule has 4 heterocycles. The van der Waals surface area contributed by atoms with Crippen molar-refractivity contribution in [1.82, 2.24) is 30.8 Å². The number of hydrazine groups is 2.